The number of anilines is 1. The number of hydrogen-bond donors (Lipinski definition) is 2. The van der Waals surface area contributed by atoms with Crippen molar-refractivity contribution in [2.75, 3.05) is 25.0 Å². The Morgan fingerprint density at radius 3 is 2.81 bits per heavy atom. The molecule has 1 aromatic rings. The van der Waals surface area contributed by atoms with E-state index >= 15 is 0 Å². The number of piperidine rings is 1. The van der Waals surface area contributed by atoms with E-state index in [1.165, 1.54) is 12.1 Å². The van der Waals surface area contributed by atoms with Gasteiger partial charge in [0.25, 0.3) is 0 Å². The minimum Gasteiger partial charge on any atom is -0.378 e. The fraction of sp³-hybridized carbons (Fsp3) is 0.438. The highest BCUT2D eigenvalue weighted by atomic mass is 19.1. The summed E-state index contributed by atoms with van der Waals surface area (Å²) in [4.78, 5) is 13.9. The van der Waals surface area contributed by atoms with Gasteiger partial charge in [0.05, 0.1) is 0 Å². The monoisotopic (exact) mass is 290 g/mol. The number of halogens is 1. The van der Waals surface area contributed by atoms with Crippen LogP contribution >= 0.6 is 0 Å². The van der Waals surface area contributed by atoms with Crippen LogP contribution in [-0.4, -0.2) is 41.1 Å². The molecule has 1 heterocycles. The number of terminal acetylenes is 1. The van der Waals surface area contributed by atoms with Crippen molar-refractivity contribution in [2.45, 2.75) is 24.9 Å². The number of benzene rings is 1. The van der Waals surface area contributed by atoms with Crippen LogP contribution in [0.3, 0.4) is 0 Å². The van der Waals surface area contributed by atoms with Crippen molar-refractivity contribution in [2.24, 2.45) is 0 Å². The topological polar surface area (TPSA) is 52.6 Å². The maximum atomic E-state index is 13.0. The van der Waals surface area contributed by atoms with Crippen LogP contribution in [0, 0.1) is 18.2 Å². The van der Waals surface area contributed by atoms with Gasteiger partial charge in [-0.1, -0.05) is 12.0 Å². The predicted molar refractivity (Wildman–Crippen MR) is 79.1 cm³/mol. The summed E-state index contributed by atoms with van der Waals surface area (Å²) in [5.41, 5.74) is -0.541. The molecule has 0 aromatic heterocycles. The van der Waals surface area contributed by atoms with E-state index in [9.17, 15) is 14.3 Å². The molecule has 2 N–H and O–H groups in total. The van der Waals surface area contributed by atoms with Crippen LogP contribution in [0.15, 0.2) is 24.3 Å². The quantitative estimate of drug-likeness (QED) is 0.829. The van der Waals surface area contributed by atoms with Gasteiger partial charge in [0, 0.05) is 44.6 Å². The van der Waals surface area contributed by atoms with Crippen LogP contribution in [0.25, 0.3) is 0 Å². The van der Waals surface area contributed by atoms with Crippen LogP contribution in [0.4, 0.5) is 10.1 Å². The van der Waals surface area contributed by atoms with E-state index in [-0.39, 0.29) is 11.7 Å². The first-order chi connectivity index (χ1) is 10.0. The molecule has 1 aliphatic rings. The molecule has 5 heteroatoms. The Morgan fingerprint density at radius 2 is 2.19 bits per heavy atom. The van der Waals surface area contributed by atoms with E-state index in [0.717, 1.165) is 0 Å². The standard InChI is InChI=1S/C16H19FN2O2/c1-2-16(21)7-10-19(11-8-16)9-6-15(20)18-14-5-3-4-13(17)12-14/h1,3-5,12,21H,6-11H2,(H,18,20). The molecule has 2 rings (SSSR count). The highest BCUT2D eigenvalue weighted by molar-refractivity contribution is 5.90. The Balaban J connectivity index is 1.74. The summed E-state index contributed by atoms with van der Waals surface area (Å²) in [5, 5.41) is 12.6. The van der Waals surface area contributed by atoms with Gasteiger partial charge >= 0.3 is 0 Å². The molecule has 0 bridgehead atoms. The van der Waals surface area contributed by atoms with Crippen LogP contribution < -0.4 is 5.32 Å². The summed E-state index contributed by atoms with van der Waals surface area (Å²) in [6.45, 7) is 1.95. The lowest BCUT2D eigenvalue weighted by Crippen LogP contribution is -2.44. The molecule has 0 radical (unpaired) electrons. The molecular formula is C16H19FN2O2. The Bertz CT molecular complexity index is 545. The van der Waals surface area contributed by atoms with Crippen molar-refractivity contribution < 1.29 is 14.3 Å². The molecule has 0 aliphatic carbocycles. The van der Waals surface area contributed by atoms with Gasteiger partial charge in [0.2, 0.25) is 5.91 Å². The number of carbonyl (C=O) groups is 1. The summed E-state index contributed by atoms with van der Waals surface area (Å²) in [6, 6.07) is 5.81. The summed E-state index contributed by atoms with van der Waals surface area (Å²) < 4.78 is 13.0. The first-order valence-corrected chi connectivity index (χ1v) is 6.99. The van der Waals surface area contributed by atoms with Gasteiger partial charge in [-0.25, -0.2) is 4.39 Å². The fourth-order valence-corrected chi connectivity index (χ4v) is 2.34. The first-order valence-electron chi connectivity index (χ1n) is 6.99. The Kier molecular flexibility index (Phi) is 4.94. The lowest BCUT2D eigenvalue weighted by atomic mass is 9.92. The molecule has 1 aromatic carbocycles. The van der Waals surface area contributed by atoms with Gasteiger partial charge in [-0.05, 0) is 18.2 Å². The zero-order chi connectivity index (χ0) is 15.3. The molecule has 1 fully saturated rings. The molecule has 1 amide bonds. The minimum absolute atomic E-state index is 0.154. The van der Waals surface area contributed by atoms with Gasteiger partial charge in [-0.3, -0.25) is 4.79 Å². The van der Waals surface area contributed by atoms with Crippen molar-refractivity contribution in [3.8, 4) is 12.3 Å². The second-order valence-electron chi connectivity index (χ2n) is 5.33. The van der Waals surface area contributed by atoms with Crippen molar-refractivity contribution >= 4 is 11.6 Å². The van der Waals surface area contributed by atoms with Crippen molar-refractivity contribution in [1.29, 1.82) is 0 Å². The average Bonchev–Trinajstić information content (AvgIpc) is 2.47. The predicted octanol–water partition coefficient (Wildman–Crippen LogP) is 1.61. The van der Waals surface area contributed by atoms with E-state index in [1.54, 1.807) is 12.1 Å². The largest absolute Gasteiger partial charge is 0.378 e. The van der Waals surface area contributed by atoms with Gasteiger partial charge in [0.15, 0.2) is 0 Å². The number of nitrogens with zero attached hydrogens (tertiary/aromatic N) is 1. The van der Waals surface area contributed by atoms with Crippen LogP contribution in [0.2, 0.25) is 0 Å². The molecule has 0 unspecified atom stereocenters. The third-order valence-corrected chi connectivity index (χ3v) is 3.72. The molecule has 21 heavy (non-hydrogen) atoms. The third-order valence-electron chi connectivity index (χ3n) is 3.72. The van der Waals surface area contributed by atoms with Crippen molar-refractivity contribution in [1.82, 2.24) is 4.90 Å². The van der Waals surface area contributed by atoms with Gasteiger partial charge in [-0.2, -0.15) is 0 Å². The molecular weight excluding hydrogens is 271 g/mol. The molecule has 1 saturated heterocycles. The number of nitrogens with one attached hydrogen (secondary N) is 1. The Morgan fingerprint density at radius 1 is 1.48 bits per heavy atom. The van der Waals surface area contributed by atoms with Gasteiger partial charge in [0.1, 0.15) is 11.4 Å². The van der Waals surface area contributed by atoms with Crippen LogP contribution in [0.5, 0.6) is 0 Å². The van der Waals surface area contributed by atoms with E-state index in [1.807, 2.05) is 0 Å². The van der Waals surface area contributed by atoms with Crippen molar-refractivity contribution in [3.63, 3.8) is 0 Å². The van der Waals surface area contributed by atoms with Crippen molar-refractivity contribution in [3.05, 3.63) is 30.1 Å². The molecule has 0 spiro atoms. The number of likely N-dealkylation sites (tertiary alicyclic amines) is 1. The summed E-state index contributed by atoms with van der Waals surface area (Å²) >= 11 is 0. The first kappa shape index (κ1) is 15.5. The number of aliphatic hydroxyl groups is 1. The summed E-state index contributed by atoms with van der Waals surface area (Å²) in [6.07, 6.45) is 6.66. The number of rotatable bonds is 4. The zero-order valence-electron chi connectivity index (χ0n) is 11.8. The molecule has 0 saturated carbocycles. The summed E-state index contributed by atoms with van der Waals surface area (Å²) in [5.74, 6) is 1.89. The van der Waals surface area contributed by atoms with E-state index in [2.05, 4.69) is 16.1 Å². The lowest BCUT2D eigenvalue weighted by molar-refractivity contribution is -0.116. The fourth-order valence-electron chi connectivity index (χ4n) is 2.34. The highest BCUT2D eigenvalue weighted by Gasteiger charge is 2.29. The average molecular weight is 290 g/mol. The van der Waals surface area contributed by atoms with E-state index in [0.29, 0.717) is 44.6 Å². The number of amides is 1. The highest BCUT2D eigenvalue weighted by Crippen LogP contribution is 2.21. The summed E-state index contributed by atoms with van der Waals surface area (Å²) in [7, 11) is 0. The van der Waals surface area contributed by atoms with E-state index in [4.69, 9.17) is 6.42 Å². The molecule has 0 atom stereocenters. The van der Waals surface area contributed by atoms with Gasteiger partial charge < -0.3 is 15.3 Å². The molecule has 112 valence electrons. The normalized spacial score (nSPS) is 18.0. The second kappa shape index (κ2) is 6.70. The van der Waals surface area contributed by atoms with Gasteiger partial charge in [-0.15, -0.1) is 6.42 Å². The number of hydrogen-bond acceptors (Lipinski definition) is 3. The number of carbonyl (C=O) groups excluding carboxylic acids is 1. The minimum atomic E-state index is -1.000. The Labute approximate surface area is 124 Å². The molecule has 4 nitrogen and oxygen atoms in total. The van der Waals surface area contributed by atoms with Crippen LogP contribution in [0.1, 0.15) is 19.3 Å². The Hall–Kier alpha value is -1.90. The maximum absolute atomic E-state index is 13.0. The smallest absolute Gasteiger partial charge is 0.225 e. The zero-order valence-corrected chi connectivity index (χ0v) is 11.8. The maximum Gasteiger partial charge on any atom is 0.225 e. The SMILES string of the molecule is C#CC1(O)CCN(CCC(=O)Nc2cccc(F)c2)CC1. The lowest BCUT2D eigenvalue weighted by Gasteiger charge is -2.34. The van der Waals surface area contributed by atoms with E-state index < -0.39 is 5.60 Å². The third kappa shape index (κ3) is 4.55. The van der Waals surface area contributed by atoms with Crippen LogP contribution in [-0.2, 0) is 4.79 Å². The second-order valence-corrected chi connectivity index (χ2v) is 5.33. The molecule has 1 aliphatic heterocycles.